The molecule has 0 heterocycles. The number of rotatable bonds is 4. The van der Waals surface area contributed by atoms with Gasteiger partial charge in [0.1, 0.15) is 5.75 Å². The first-order valence-electron chi connectivity index (χ1n) is 6.62. The van der Waals surface area contributed by atoms with Crippen LogP contribution < -0.4 is 4.74 Å². The van der Waals surface area contributed by atoms with Crippen molar-refractivity contribution in [1.82, 2.24) is 0 Å². The molecule has 9 heteroatoms. The summed E-state index contributed by atoms with van der Waals surface area (Å²) in [5.74, 6) is -0.0366. The van der Waals surface area contributed by atoms with Crippen molar-refractivity contribution in [2.24, 2.45) is 0 Å². The first-order valence-corrected chi connectivity index (χ1v) is 8.29. The molecule has 0 radical (unpaired) electrons. The predicted octanol–water partition coefficient (Wildman–Crippen LogP) is 6.12. The number of carbonyl (C=O) groups excluding carboxylic acids is 1. The van der Waals surface area contributed by atoms with Gasteiger partial charge in [-0.25, -0.2) is 0 Å². The van der Waals surface area contributed by atoms with Crippen LogP contribution in [0.25, 0.3) is 0 Å². The third-order valence-electron chi connectivity index (χ3n) is 3.03. The van der Waals surface area contributed by atoms with Gasteiger partial charge in [0, 0.05) is 5.56 Å². The molecule has 0 N–H and O–H groups in total. The average Bonchev–Trinajstić information content (AvgIpc) is 2.49. The Morgan fingerprint density at radius 1 is 1.16 bits per heavy atom. The standard InChI is InChI=1S/C16H10BrCl2F3O2.Na.H/c1-8(17)14(23)9-3-2-4-11(5-9)24-15-12(18)6-10(7-13(15)19)16(20,21)22;;/h2-8H,1H3;;. The van der Waals surface area contributed by atoms with Crippen molar-refractivity contribution in [1.29, 1.82) is 0 Å². The summed E-state index contributed by atoms with van der Waals surface area (Å²) in [4.78, 5) is 11.6. The Bertz CT molecular complexity index is 759. The predicted molar refractivity (Wildman–Crippen MR) is 97.8 cm³/mol. The Morgan fingerprint density at radius 3 is 2.20 bits per heavy atom. The maximum absolute atomic E-state index is 12.7. The molecule has 0 fully saturated rings. The molecule has 0 saturated carbocycles. The fraction of sp³-hybridized carbons (Fsp3) is 0.188. The monoisotopic (exact) mass is 464 g/mol. The van der Waals surface area contributed by atoms with Crippen LogP contribution in [0.1, 0.15) is 22.8 Å². The summed E-state index contributed by atoms with van der Waals surface area (Å²) in [6.45, 7) is 1.68. The molecular weight excluding hydrogens is 455 g/mol. The van der Waals surface area contributed by atoms with E-state index in [0.717, 1.165) is 12.1 Å². The molecule has 2 nitrogen and oxygen atoms in total. The number of Topliss-reactive ketones (excluding diaryl/α,β-unsaturated/α-hetero) is 1. The summed E-state index contributed by atoms with van der Waals surface area (Å²) in [5, 5.41) is -0.555. The van der Waals surface area contributed by atoms with E-state index in [-0.39, 0.29) is 61.7 Å². The number of alkyl halides is 4. The zero-order valence-corrected chi connectivity index (χ0v) is 15.2. The molecule has 130 valence electrons. The van der Waals surface area contributed by atoms with Crippen LogP contribution in [0.3, 0.4) is 0 Å². The van der Waals surface area contributed by atoms with Gasteiger partial charge in [-0.15, -0.1) is 0 Å². The molecular formula is C16H11BrCl2F3NaO2. The van der Waals surface area contributed by atoms with Gasteiger partial charge in [-0.05, 0) is 31.2 Å². The number of halogens is 6. The van der Waals surface area contributed by atoms with E-state index in [1.807, 2.05) is 0 Å². The SMILES string of the molecule is CC(Br)C(=O)c1cccc(Oc2c(Cl)cc(C(F)(F)F)cc2Cl)c1.[NaH]. The van der Waals surface area contributed by atoms with Crippen molar-refractivity contribution < 1.29 is 22.7 Å². The Labute approximate surface area is 183 Å². The zero-order valence-electron chi connectivity index (χ0n) is 12.1. The number of hydrogen-bond acceptors (Lipinski definition) is 2. The van der Waals surface area contributed by atoms with Crippen LogP contribution >= 0.6 is 39.1 Å². The van der Waals surface area contributed by atoms with Crippen LogP contribution in [-0.4, -0.2) is 40.2 Å². The fourth-order valence-corrected chi connectivity index (χ4v) is 2.71. The normalized spacial score (nSPS) is 12.3. The Hall–Kier alpha value is -0.240. The summed E-state index contributed by atoms with van der Waals surface area (Å²) < 4.78 is 43.7. The Morgan fingerprint density at radius 2 is 1.72 bits per heavy atom. The Kier molecular flexibility index (Phi) is 8.31. The van der Waals surface area contributed by atoms with E-state index in [4.69, 9.17) is 27.9 Å². The second-order valence-electron chi connectivity index (χ2n) is 4.88. The number of ether oxygens (including phenoxy) is 1. The molecule has 0 aromatic heterocycles. The summed E-state index contributed by atoms with van der Waals surface area (Å²) in [6, 6.07) is 7.66. The molecule has 0 aliphatic heterocycles. The van der Waals surface area contributed by atoms with Crippen molar-refractivity contribution in [2.75, 3.05) is 0 Å². The van der Waals surface area contributed by atoms with Crippen molar-refractivity contribution >= 4 is 74.5 Å². The molecule has 25 heavy (non-hydrogen) atoms. The van der Waals surface area contributed by atoms with Crippen LogP contribution in [0.2, 0.25) is 10.0 Å². The van der Waals surface area contributed by atoms with E-state index in [9.17, 15) is 18.0 Å². The fourth-order valence-electron chi connectivity index (χ4n) is 1.88. The molecule has 0 amide bonds. The molecule has 0 saturated heterocycles. The van der Waals surface area contributed by atoms with E-state index < -0.39 is 11.7 Å². The Balaban J connectivity index is 0.00000312. The van der Waals surface area contributed by atoms with Gasteiger partial charge in [-0.1, -0.05) is 51.3 Å². The van der Waals surface area contributed by atoms with Crippen molar-refractivity contribution in [2.45, 2.75) is 17.9 Å². The molecule has 0 aliphatic carbocycles. The van der Waals surface area contributed by atoms with Gasteiger partial charge < -0.3 is 4.74 Å². The maximum atomic E-state index is 12.7. The van der Waals surface area contributed by atoms with Crippen molar-refractivity contribution in [3.63, 3.8) is 0 Å². The molecule has 0 spiro atoms. The van der Waals surface area contributed by atoms with Gasteiger partial charge in [0.25, 0.3) is 0 Å². The summed E-state index contributed by atoms with van der Waals surface area (Å²) in [6.07, 6.45) is -4.57. The van der Waals surface area contributed by atoms with Gasteiger partial charge >= 0.3 is 35.7 Å². The number of carbonyl (C=O) groups is 1. The van der Waals surface area contributed by atoms with Gasteiger partial charge in [-0.2, -0.15) is 13.2 Å². The van der Waals surface area contributed by atoms with E-state index in [1.54, 1.807) is 25.1 Å². The third kappa shape index (κ3) is 5.88. The number of ketones is 1. The molecule has 0 bridgehead atoms. The second kappa shape index (κ2) is 9.11. The molecule has 0 aliphatic rings. The van der Waals surface area contributed by atoms with E-state index in [0.29, 0.717) is 5.56 Å². The summed E-state index contributed by atoms with van der Waals surface area (Å²) in [5.41, 5.74) is -0.585. The van der Waals surface area contributed by atoms with Crippen LogP contribution in [0.15, 0.2) is 36.4 Å². The first-order chi connectivity index (χ1) is 11.1. The molecule has 2 rings (SSSR count). The van der Waals surface area contributed by atoms with Crippen LogP contribution in [-0.2, 0) is 6.18 Å². The van der Waals surface area contributed by atoms with E-state index >= 15 is 0 Å². The van der Waals surface area contributed by atoms with Crippen LogP contribution in [0, 0.1) is 0 Å². The van der Waals surface area contributed by atoms with Gasteiger partial charge in [0.2, 0.25) is 0 Å². The van der Waals surface area contributed by atoms with Crippen LogP contribution in [0.5, 0.6) is 11.5 Å². The molecule has 2 aromatic carbocycles. The topological polar surface area (TPSA) is 26.3 Å². The van der Waals surface area contributed by atoms with Crippen molar-refractivity contribution in [3.8, 4) is 11.5 Å². The van der Waals surface area contributed by atoms with Gasteiger partial charge in [0.15, 0.2) is 11.5 Å². The third-order valence-corrected chi connectivity index (χ3v) is 4.00. The molecule has 1 unspecified atom stereocenters. The number of hydrogen-bond donors (Lipinski definition) is 0. The van der Waals surface area contributed by atoms with Gasteiger partial charge in [0.05, 0.1) is 20.4 Å². The molecule has 1 atom stereocenters. The molecule has 2 aromatic rings. The summed E-state index contributed by atoms with van der Waals surface area (Å²) in [7, 11) is 0. The first kappa shape index (κ1) is 22.8. The number of benzene rings is 2. The van der Waals surface area contributed by atoms with Crippen molar-refractivity contribution in [3.05, 3.63) is 57.6 Å². The van der Waals surface area contributed by atoms with Gasteiger partial charge in [-0.3, -0.25) is 4.79 Å². The van der Waals surface area contributed by atoms with E-state index in [2.05, 4.69) is 15.9 Å². The summed E-state index contributed by atoms with van der Waals surface area (Å²) >= 11 is 14.9. The zero-order chi connectivity index (χ0) is 18.1. The second-order valence-corrected chi connectivity index (χ2v) is 7.06. The minimum atomic E-state index is -4.57. The quantitative estimate of drug-likeness (QED) is 0.309. The van der Waals surface area contributed by atoms with Crippen LogP contribution in [0.4, 0.5) is 13.2 Å². The average molecular weight is 466 g/mol. The van der Waals surface area contributed by atoms with E-state index in [1.165, 1.54) is 6.07 Å². The minimum absolute atomic E-state index is 0.